The highest BCUT2D eigenvalue weighted by Crippen LogP contribution is 2.28. The second-order valence-electron chi connectivity index (χ2n) is 5.86. The molecule has 2 aromatic carbocycles. The topological polar surface area (TPSA) is 92.1 Å². The molecular weight excluding hydrogens is 362 g/mol. The summed E-state index contributed by atoms with van der Waals surface area (Å²) in [6, 6.07) is 17.5. The number of nitrogens with zero attached hydrogens (tertiary/aromatic N) is 2. The Hall–Kier alpha value is -3.37. The van der Waals surface area contributed by atoms with Crippen LogP contribution >= 0.6 is 0 Å². The molecule has 7 heteroatoms. The summed E-state index contributed by atoms with van der Waals surface area (Å²) in [6.07, 6.45) is 1.38. The van der Waals surface area contributed by atoms with Gasteiger partial charge in [0.15, 0.2) is 0 Å². The van der Waals surface area contributed by atoms with Gasteiger partial charge in [-0.15, -0.1) is 0 Å². The summed E-state index contributed by atoms with van der Waals surface area (Å²) in [5.74, 6) is 0.223. The average Bonchev–Trinajstić information content (AvgIpc) is 2.69. The molecule has 3 aromatic rings. The maximum atomic E-state index is 12.7. The summed E-state index contributed by atoms with van der Waals surface area (Å²) >= 11 is 0. The number of hydrogen-bond acceptors (Lipinski definition) is 5. The molecule has 0 bridgehead atoms. The van der Waals surface area contributed by atoms with E-state index in [0.717, 1.165) is 16.7 Å². The fraction of sp³-hybridized carbons (Fsp3) is 0.100. The van der Waals surface area contributed by atoms with E-state index in [0.29, 0.717) is 11.3 Å². The lowest BCUT2D eigenvalue weighted by Crippen LogP contribution is -2.14. The quantitative estimate of drug-likeness (QED) is 0.729. The van der Waals surface area contributed by atoms with Gasteiger partial charge in [-0.1, -0.05) is 24.3 Å². The number of methoxy groups -OCH3 is 1. The number of rotatable bonds is 5. The van der Waals surface area contributed by atoms with Crippen LogP contribution in [-0.4, -0.2) is 20.5 Å². The monoisotopic (exact) mass is 379 g/mol. The first-order valence-corrected chi connectivity index (χ1v) is 9.55. The Bertz CT molecular complexity index is 1120. The Morgan fingerprint density at radius 1 is 1.04 bits per heavy atom. The molecule has 0 aliphatic rings. The molecule has 0 radical (unpaired) electrons. The predicted molar refractivity (Wildman–Crippen MR) is 103 cm³/mol. The van der Waals surface area contributed by atoms with Crippen molar-refractivity contribution < 1.29 is 13.2 Å². The van der Waals surface area contributed by atoms with Gasteiger partial charge in [0, 0.05) is 12.3 Å². The van der Waals surface area contributed by atoms with Gasteiger partial charge in [-0.25, -0.2) is 13.4 Å². The first-order chi connectivity index (χ1) is 12.9. The highest BCUT2D eigenvalue weighted by atomic mass is 32.2. The minimum absolute atomic E-state index is 0.0672. The number of sulfonamides is 1. The summed E-state index contributed by atoms with van der Waals surface area (Å²) in [7, 11) is -2.36. The summed E-state index contributed by atoms with van der Waals surface area (Å²) in [5, 5.41) is 8.91. The number of aromatic nitrogens is 1. The Morgan fingerprint density at radius 2 is 1.74 bits per heavy atom. The van der Waals surface area contributed by atoms with Crippen molar-refractivity contribution >= 4 is 15.7 Å². The maximum absolute atomic E-state index is 12.7. The number of benzene rings is 2. The van der Waals surface area contributed by atoms with Gasteiger partial charge in [-0.3, -0.25) is 4.72 Å². The summed E-state index contributed by atoms with van der Waals surface area (Å²) in [5.41, 5.74) is 3.57. The largest absolute Gasteiger partial charge is 0.481 e. The van der Waals surface area contributed by atoms with E-state index in [4.69, 9.17) is 10.00 Å². The summed E-state index contributed by atoms with van der Waals surface area (Å²) in [6.45, 7) is 1.83. The molecule has 0 unspecified atom stereocenters. The highest BCUT2D eigenvalue weighted by molar-refractivity contribution is 7.92. The number of nitriles is 1. The first kappa shape index (κ1) is 18.4. The molecule has 0 amide bonds. The Morgan fingerprint density at radius 3 is 2.41 bits per heavy atom. The predicted octanol–water partition coefficient (Wildman–Crippen LogP) is 3.74. The Balaban J connectivity index is 1.95. The molecule has 27 heavy (non-hydrogen) atoms. The molecule has 0 fully saturated rings. The zero-order chi connectivity index (χ0) is 19.4. The van der Waals surface area contributed by atoms with Crippen LogP contribution in [0.5, 0.6) is 5.88 Å². The molecule has 136 valence electrons. The minimum atomic E-state index is -3.79. The van der Waals surface area contributed by atoms with Crippen molar-refractivity contribution in [3.63, 3.8) is 0 Å². The van der Waals surface area contributed by atoms with Crippen LogP contribution < -0.4 is 9.46 Å². The van der Waals surface area contributed by atoms with Crippen molar-refractivity contribution in [1.29, 1.82) is 5.26 Å². The van der Waals surface area contributed by atoms with Crippen LogP contribution in [0.1, 0.15) is 11.1 Å². The third-order valence-corrected chi connectivity index (χ3v) is 5.42. The molecule has 3 rings (SSSR count). The molecule has 1 aromatic heterocycles. The molecule has 0 spiro atoms. The van der Waals surface area contributed by atoms with Crippen molar-refractivity contribution in [2.45, 2.75) is 11.8 Å². The molecule has 0 atom stereocenters. The van der Waals surface area contributed by atoms with Gasteiger partial charge in [0.1, 0.15) is 0 Å². The second kappa shape index (κ2) is 7.48. The molecular formula is C20H17N3O3S. The van der Waals surface area contributed by atoms with Crippen LogP contribution in [0.3, 0.4) is 0 Å². The van der Waals surface area contributed by atoms with E-state index < -0.39 is 10.0 Å². The van der Waals surface area contributed by atoms with E-state index in [9.17, 15) is 8.42 Å². The fourth-order valence-electron chi connectivity index (χ4n) is 2.52. The highest BCUT2D eigenvalue weighted by Gasteiger charge is 2.17. The number of aryl methyl sites for hydroxylation is 1. The van der Waals surface area contributed by atoms with Crippen molar-refractivity contribution in [2.75, 3.05) is 11.8 Å². The molecule has 1 N–H and O–H groups in total. The SMILES string of the molecule is COc1cc(S(=O)(=O)Nc2cc(-c3ccc(C#N)cc3)ccc2C)ccn1. The molecule has 0 aliphatic carbocycles. The first-order valence-electron chi connectivity index (χ1n) is 8.07. The van der Waals surface area contributed by atoms with Crippen LogP contribution in [-0.2, 0) is 10.0 Å². The third kappa shape index (κ3) is 4.07. The van der Waals surface area contributed by atoms with E-state index in [1.54, 1.807) is 18.2 Å². The van der Waals surface area contributed by atoms with Gasteiger partial charge >= 0.3 is 0 Å². The molecule has 0 saturated carbocycles. The van der Waals surface area contributed by atoms with Gasteiger partial charge in [-0.2, -0.15) is 5.26 Å². The van der Waals surface area contributed by atoms with E-state index in [2.05, 4.69) is 15.8 Å². The number of anilines is 1. The fourth-order valence-corrected chi connectivity index (χ4v) is 3.65. The lowest BCUT2D eigenvalue weighted by Gasteiger charge is -2.13. The van der Waals surface area contributed by atoms with Gasteiger partial charge in [0.25, 0.3) is 10.0 Å². The van der Waals surface area contributed by atoms with Crippen molar-refractivity contribution in [2.24, 2.45) is 0 Å². The van der Waals surface area contributed by atoms with Gasteiger partial charge in [0.05, 0.1) is 29.3 Å². The summed E-state index contributed by atoms with van der Waals surface area (Å²) < 4.78 is 33.1. The maximum Gasteiger partial charge on any atom is 0.262 e. The van der Waals surface area contributed by atoms with Gasteiger partial charge in [-0.05, 0) is 47.9 Å². The van der Waals surface area contributed by atoms with Crippen LogP contribution in [0.4, 0.5) is 5.69 Å². The average molecular weight is 379 g/mol. The number of ether oxygens (including phenoxy) is 1. The normalized spacial score (nSPS) is 10.9. The van der Waals surface area contributed by atoms with Crippen LogP contribution in [0, 0.1) is 18.3 Å². The molecule has 0 aliphatic heterocycles. The van der Waals surface area contributed by atoms with Crippen LogP contribution in [0.25, 0.3) is 11.1 Å². The third-order valence-electron chi connectivity index (χ3n) is 4.05. The lowest BCUT2D eigenvalue weighted by molar-refractivity contribution is 0.396. The molecule has 1 heterocycles. The zero-order valence-electron chi connectivity index (χ0n) is 14.8. The van der Waals surface area contributed by atoms with E-state index in [1.165, 1.54) is 25.4 Å². The zero-order valence-corrected chi connectivity index (χ0v) is 15.6. The molecule has 0 saturated heterocycles. The van der Waals surface area contributed by atoms with Gasteiger partial charge in [0.2, 0.25) is 5.88 Å². The van der Waals surface area contributed by atoms with E-state index in [-0.39, 0.29) is 10.8 Å². The van der Waals surface area contributed by atoms with Crippen molar-refractivity contribution in [3.8, 4) is 23.1 Å². The smallest absolute Gasteiger partial charge is 0.262 e. The number of hydrogen-bond donors (Lipinski definition) is 1. The second-order valence-corrected chi connectivity index (χ2v) is 7.54. The minimum Gasteiger partial charge on any atom is -0.481 e. The Kier molecular flexibility index (Phi) is 5.10. The van der Waals surface area contributed by atoms with Gasteiger partial charge < -0.3 is 4.74 Å². The lowest BCUT2D eigenvalue weighted by atomic mass is 10.0. The van der Waals surface area contributed by atoms with E-state index >= 15 is 0 Å². The van der Waals surface area contributed by atoms with Crippen molar-refractivity contribution in [3.05, 3.63) is 71.9 Å². The standard InChI is InChI=1S/C20H17N3O3S/c1-14-3-6-17(16-7-4-15(13-21)5-8-16)11-19(14)23-27(24,25)18-9-10-22-20(12-18)26-2/h3-12,23H,1-2H3. The number of pyridine rings is 1. The molecule has 6 nitrogen and oxygen atoms in total. The Labute approximate surface area is 158 Å². The van der Waals surface area contributed by atoms with Crippen molar-refractivity contribution in [1.82, 2.24) is 4.98 Å². The van der Waals surface area contributed by atoms with E-state index in [1.807, 2.05) is 31.2 Å². The van der Waals surface area contributed by atoms with Crippen LogP contribution in [0.15, 0.2) is 65.7 Å². The number of nitrogens with one attached hydrogen (secondary N) is 1. The summed E-state index contributed by atoms with van der Waals surface area (Å²) in [4.78, 5) is 3.99. The van der Waals surface area contributed by atoms with Crippen LogP contribution in [0.2, 0.25) is 0 Å².